The Kier molecular flexibility index (Phi) is 12.2. The number of carbonyl (C=O) groups excluding carboxylic acids is 1. The Balaban J connectivity index is 3.84. The van der Waals surface area contributed by atoms with E-state index in [4.69, 9.17) is 14.4 Å². The summed E-state index contributed by atoms with van der Waals surface area (Å²) in [7, 11) is -4.92. The maximum absolute atomic E-state index is 11.5. The van der Waals surface area contributed by atoms with Crippen LogP contribution >= 0.6 is 0 Å². The average Bonchev–Trinajstić information content (AvgIpc) is 2.48. The number of carboxylic acid groups (broad SMARTS) is 1. The summed E-state index contributed by atoms with van der Waals surface area (Å²) >= 11 is 0. The van der Waals surface area contributed by atoms with Crippen molar-refractivity contribution in [1.82, 2.24) is 0 Å². The van der Waals surface area contributed by atoms with Crippen molar-refractivity contribution in [2.24, 2.45) is 0 Å². The van der Waals surface area contributed by atoms with Crippen LogP contribution in [-0.4, -0.2) is 36.6 Å². The van der Waals surface area contributed by atoms with E-state index in [1.807, 2.05) is 0 Å². The minimum Gasteiger partial charge on any atom is -0.478 e. The minimum absolute atomic E-state index is 0.0121. The molecule has 0 heterocycles. The molecule has 0 aromatic rings. The van der Waals surface area contributed by atoms with Crippen LogP contribution in [0.3, 0.4) is 0 Å². The highest BCUT2D eigenvalue weighted by Crippen LogP contribution is 2.11. The summed E-state index contributed by atoms with van der Waals surface area (Å²) in [6, 6.07) is 0. The molecule has 0 aliphatic carbocycles. The Labute approximate surface area is 143 Å². The standard InChI is InChI=1S/C16H28O7S/c1-2-3-4-5-6-7-8-9-10-11-12-23-16(19)14(13-15(17)18)24(20,21)22/h13H,2-12H2,1H3,(H,17,18)(H,20,21,22)/b14-13+. The Bertz CT molecular complexity index is 509. The van der Waals surface area contributed by atoms with Crippen molar-refractivity contribution >= 4 is 22.1 Å². The second kappa shape index (κ2) is 12.9. The molecule has 0 saturated heterocycles. The number of rotatable bonds is 14. The first-order valence-corrected chi connectivity index (χ1v) is 9.82. The summed E-state index contributed by atoms with van der Waals surface area (Å²) in [5.74, 6) is -3.01. The molecule has 0 amide bonds. The van der Waals surface area contributed by atoms with Crippen LogP contribution in [0.2, 0.25) is 0 Å². The van der Waals surface area contributed by atoms with E-state index in [2.05, 4.69) is 6.92 Å². The molecular weight excluding hydrogens is 336 g/mol. The smallest absolute Gasteiger partial charge is 0.352 e. The average molecular weight is 364 g/mol. The highest BCUT2D eigenvalue weighted by atomic mass is 32.2. The number of unbranched alkanes of at least 4 members (excludes halogenated alkanes) is 9. The first-order valence-electron chi connectivity index (χ1n) is 8.38. The monoisotopic (exact) mass is 364 g/mol. The van der Waals surface area contributed by atoms with Gasteiger partial charge in [0.1, 0.15) is 0 Å². The lowest BCUT2D eigenvalue weighted by Crippen LogP contribution is -2.17. The van der Waals surface area contributed by atoms with Gasteiger partial charge in [0, 0.05) is 0 Å². The van der Waals surface area contributed by atoms with E-state index >= 15 is 0 Å². The molecular formula is C16H28O7S. The topological polar surface area (TPSA) is 118 Å². The molecule has 0 aromatic heterocycles. The van der Waals surface area contributed by atoms with Gasteiger partial charge in [0.15, 0.2) is 4.91 Å². The summed E-state index contributed by atoms with van der Waals surface area (Å²) < 4.78 is 35.4. The van der Waals surface area contributed by atoms with Crippen LogP contribution in [0.5, 0.6) is 0 Å². The molecule has 0 aliphatic rings. The lowest BCUT2D eigenvalue weighted by molar-refractivity contribution is -0.139. The fourth-order valence-electron chi connectivity index (χ4n) is 2.18. The van der Waals surface area contributed by atoms with E-state index in [1.54, 1.807) is 0 Å². The predicted molar refractivity (Wildman–Crippen MR) is 90.1 cm³/mol. The van der Waals surface area contributed by atoms with Crippen LogP contribution in [0.1, 0.15) is 71.1 Å². The molecule has 140 valence electrons. The zero-order valence-corrected chi connectivity index (χ0v) is 15.0. The van der Waals surface area contributed by atoms with Crippen LogP contribution < -0.4 is 0 Å². The first kappa shape index (κ1) is 22.6. The Hall–Kier alpha value is -1.41. The zero-order valence-electron chi connectivity index (χ0n) is 14.2. The van der Waals surface area contributed by atoms with Gasteiger partial charge in [-0.25, -0.2) is 9.59 Å². The van der Waals surface area contributed by atoms with Crippen LogP contribution in [0.4, 0.5) is 0 Å². The van der Waals surface area contributed by atoms with Gasteiger partial charge in [0.25, 0.3) is 0 Å². The van der Waals surface area contributed by atoms with Gasteiger partial charge in [0.05, 0.1) is 12.7 Å². The third kappa shape index (κ3) is 12.1. The third-order valence-corrected chi connectivity index (χ3v) is 4.31. The molecule has 0 atom stereocenters. The molecule has 0 saturated carbocycles. The number of carbonyl (C=O) groups is 2. The molecule has 8 heteroatoms. The van der Waals surface area contributed by atoms with Gasteiger partial charge in [-0.2, -0.15) is 8.42 Å². The SMILES string of the molecule is CCCCCCCCCCCCOC(=O)/C(=C\C(=O)O)S(=O)(=O)O. The van der Waals surface area contributed by atoms with Gasteiger partial charge in [-0.15, -0.1) is 0 Å². The minimum atomic E-state index is -4.92. The summed E-state index contributed by atoms with van der Waals surface area (Å²) in [4.78, 5) is 20.7. The van der Waals surface area contributed by atoms with Gasteiger partial charge >= 0.3 is 22.1 Å². The number of carboxylic acids is 1. The van der Waals surface area contributed by atoms with E-state index in [-0.39, 0.29) is 12.7 Å². The van der Waals surface area contributed by atoms with E-state index in [9.17, 15) is 18.0 Å². The fraction of sp³-hybridized carbons (Fsp3) is 0.750. The van der Waals surface area contributed by atoms with Crippen molar-refractivity contribution in [3.05, 3.63) is 11.0 Å². The number of aliphatic carboxylic acids is 1. The van der Waals surface area contributed by atoms with E-state index < -0.39 is 27.0 Å². The van der Waals surface area contributed by atoms with Crippen molar-refractivity contribution in [3.63, 3.8) is 0 Å². The van der Waals surface area contributed by atoms with Crippen molar-refractivity contribution < 1.29 is 32.4 Å². The molecule has 0 rings (SSSR count). The van der Waals surface area contributed by atoms with Crippen molar-refractivity contribution in [1.29, 1.82) is 0 Å². The number of ether oxygens (including phenoxy) is 1. The fourth-order valence-corrected chi connectivity index (χ4v) is 2.70. The molecule has 0 spiro atoms. The summed E-state index contributed by atoms with van der Waals surface area (Å²) in [5.41, 5.74) is 0. The number of hydrogen-bond acceptors (Lipinski definition) is 5. The van der Waals surface area contributed by atoms with Crippen LogP contribution in [-0.2, 0) is 24.4 Å². The van der Waals surface area contributed by atoms with E-state index in [1.165, 1.54) is 38.5 Å². The Morgan fingerprint density at radius 3 is 1.79 bits per heavy atom. The molecule has 0 unspecified atom stereocenters. The van der Waals surface area contributed by atoms with E-state index in [0.717, 1.165) is 19.3 Å². The largest absolute Gasteiger partial charge is 0.478 e. The number of esters is 1. The molecule has 0 aliphatic heterocycles. The summed E-state index contributed by atoms with van der Waals surface area (Å²) in [6.45, 7) is 2.17. The quantitative estimate of drug-likeness (QED) is 0.210. The van der Waals surface area contributed by atoms with Crippen molar-refractivity contribution in [2.75, 3.05) is 6.61 Å². The first-order chi connectivity index (χ1) is 11.3. The highest BCUT2D eigenvalue weighted by Gasteiger charge is 2.25. The van der Waals surface area contributed by atoms with Gasteiger partial charge in [0.2, 0.25) is 0 Å². The summed E-state index contributed by atoms with van der Waals surface area (Å²) in [5, 5.41) is 8.50. The molecule has 2 N–H and O–H groups in total. The molecule has 0 radical (unpaired) electrons. The summed E-state index contributed by atoms with van der Waals surface area (Å²) in [6.07, 6.45) is 11.1. The number of hydrogen-bond donors (Lipinski definition) is 2. The van der Waals surface area contributed by atoms with Gasteiger partial charge < -0.3 is 9.84 Å². The van der Waals surface area contributed by atoms with Crippen molar-refractivity contribution in [3.8, 4) is 0 Å². The predicted octanol–water partition coefficient (Wildman–Crippen LogP) is 3.31. The van der Waals surface area contributed by atoms with Crippen LogP contribution in [0.25, 0.3) is 0 Å². The Morgan fingerprint density at radius 2 is 1.38 bits per heavy atom. The maximum atomic E-state index is 11.5. The van der Waals surface area contributed by atoms with Gasteiger partial charge in [-0.1, -0.05) is 64.7 Å². The molecule has 0 bridgehead atoms. The molecule has 7 nitrogen and oxygen atoms in total. The zero-order chi connectivity index (χ0) is 18.4. The second-order valence-electron chi connectivity index (χ2n) is 5.64. The van der Waals surface area contributed by atoms with E-state index in [0.29, 0.717) is 6.42 Å². The molecule has 0 fully saturated rings. The van der Waals surface area contributed by atoms with Gasteiger partial charge in [-0.05, 0) is 6.42 Å². The van der Waals surface area contributed by atoms with Crippen LogP contribution in [0, 0.1) is 0 Å². The third-order valence-electron chi connectivity index (χ3n) is 3.46. The second-order valence-corrected chi connectivity index (χ2v) is 7.03. The lowest BCUT2D eigenvalue weighted by atomic mass is 10.1. The molecule has 24 heavy (non-hydrogen) atoms. The lowest BCUT2D eigenvalue weighted by Gasteiger charge is -2.06. The normalized spacial score (nSPS) is 12.2. The van der Waals surface area contributed by atoms with Gasteiger partial charge in [-0.3, -0.25) is 4.55 Å². The maximum Gasteiger partial charge on any atom is 0.352 e. The molecule has 0 aromatic carbocycles. The van der Waals surface area contributed by atoms with Crippen molar-refractivity contribution in [2.45, 2.75) is 71.1 Å². The highest BCUT2D eigenvalue weighted by molar-refractivity contribution is 7.90. The Morgan fingerprint density at radius 1 is 0.917 bits per heavy atom. The van der Waals surface area contributed by atoms with Crippen LogP contribution in [0.15, 0.2) is 11.0 Å².